The largest absolute Gasteiger partial charge is 0.388 e. The Kier molecular flexibility index (Phi) is 4.08. The first-order valence-electron chi connectivity index (χ1n) is 5.10. The Morgan fingerprint density at radius 1 is 1.43 bits per heavy atom. The molecule has 0 amide bonds. The Labute approximate surface area is 84.6 Å². The van der Waals surface area contributed by atoms with E-state index in [0.717, 1.165) is 18.4 Å². The number of aliphatic hydroxyl groups is 1. The smallest absolute Gasteiger partial charge is 0.126 e. The fourth-order valence-electron chi connectivity index (χ4n) is 1.54. The average Bonchev–Trinajstić information content (AvgIpc) is 2.18. The maximum absolute atomic E-state index is 13.2. The van der Waals surface area contributed by atoms with Crippen molar-refractivity contribution in [2.24, 2.45) is 0 Å². The molecule has 0 aliphatic rings. The van der Waals surface area contributed by atoms with Crippen LogP contribution < -0.4 is 0 Å². The summed E-state index contributed by atoms with van der Waals surface area (Å²) in [7, 11) is 0. The van der Waals surface area contributed by atoms with Gasteiger partial charge in [0.1, 0.15) is 5.82 Å². The summed E-state index contributed by atoms with van der Waals surface area (Å²) in [6, 6.07) is 4.86. The zero-order valence-corrected chi connectivity index (χ0v) is 8.76. The maximum Gasteiger partial charge on any atom is 0.126 e. The lowest BCUT2D eigenvalue weighted by atomic mass is 9.99. The summed E-state index contributed by atoms with van der Waals surface area (Å²) < 4.78 is 13.2. The van der Waals surface area contributed by atoms with Crippen LogP contribution in [0.1, 0.15) is 43.4 Å². The predicted molar refractivity (Wildman–Crippen MR) is 55.6 cm³/mol. The van der Waals surface area contributed by atoms with E-state index >= 15 is 0 Å². The molecule has 0 radical (unpaired) electrons. The Hall–Kier alpha value is -0.890. The minimum atomic E-state index is -0.523. The second-order valence-electron chi connectivity index (χ2n) is 3.61. The van der Waals surface area contributed by atoms with E-state index in [-0.39, 0.29) is 5.82 Å². The van der Waals surface area contributed by atoms with E-state index in [2.05, 4.69) is 6.92 Å². The lowest BCUT2D eigenvalue weighted by Crippen LogP contribution is -2.01. The number of hydrogen-bond acceptors (Lipinski definition) is 1. The second-order valence-corrected chi connectivity index (χ2v) is 3.61. The van der Waals surface area contributed by atoms with Crippen molar-refractivity contribution in [2.75, 3.05) is 0 Å². The Morgan fingerprint density at radius 3 is 2.79 bits per heavy atom. The molecule has 14 heavy (non-hydrogen) atoms. The van der Waals surface area contributed by atoms with Gasteiger partial charge in [0.2, 0.25) is 0 Å². The zero-order valence-electron chi connectivity index (χ0n) is 8.76. The van der Waals surface area contributed by atoms with Gasteiger partial charge in [-0.25, -0.2) is 4.39 Å². The van der Waals surface area contributed by atoms with Crippen molar-refractivity contribution in [3.8, 4) is 0 Å². The highest BCUT2D eigenvalue weighted by molar-refractivity contribution is 5.29. The number of halogens is 1. The summed E-state index contributed by atoms with van der Waals surface area (Å²) in [4.78, 5) is 0. The molecule has 0 saturated heterocycles. The monoisotopic (exact) mass is 196 g/mol. The van der Waals surface area contributed by atoms with Crippen LogP contribution >= 0.6 is 0 Å². The summed E-state index contributed by atoms with van der Waals surface area (Å²) in [5.74, 6) is -0.238. The van der Waals surface area contributed by atoms with Crippen molar-refractivity contribution in [1.82, 2.24) is 0 Å². The highest BCUT2D eigenvalue weighted by Crippen LogP contribution is 2.23. The standard InChI is InChI=1S/C12H17FO/c1-3-4-8-12(14)10-6-5-7-11(13)9(10)2/h5-7,12,14H,3-4,8H2,1-2H3. The van der Waals surface area contributed by atoms with Gasteiger partial charge >= 0.3 is 0 Å². The Morgan fingerprint density at radius 2 is 2.14 bits per heavy atom. The lowest BCUT2D eigenvalue weighted by Gasteiger charge is -2.13. The number of unbranched alkanes of at least 4 members (excludes halogenated alkanes) is 1. The van der Waals surface area contributed by atoms with E-state index in [4.69, 9.17) is 0 Å². The van der Waals surface area contributed by atoms with Gasteiger partial charge in [0.15, 0.2) is 0 Å². The molecule has 1 aromatic rings. The zero-order chi connectivity index (χ0) is 10.6. The van der Waals surface area contributed by atoms with E-state index in [0.29, 0.717) is 12.0 Å². The summed E-state index contributed by atoms with van der Waals surface area (Å²) >= 11 is 0. The van der Waals surface area contributed by atoms with Gasteiger partial charge in [0.05, 0.1) is 6.10 Å². The van der Waals surface area contributed by atoms with Crippen molar-refractivity contribution in [1.29, 1.82) is 0 Å². The number of rotatable bonds is 4. The molecule has 1 rings (SSSR count). The van der Waals surface area contributed by atoms with E-state index in [9.17, 15) is 9.50 Å². The third kappa shape index (κ3) is 2.55. The first kappa shape index (κ1) is 11.2. The highest BCUT2D eigenvalue weighted by atomic mass is 19.1. The number of aliphatic hydroxyl groups excluding tert-OH is 1. The topological polar surface area (TPSA) is 20.2 Å². The average molecular weight is 196 g/mol. The molecule has 0 aliphatic heterocycles. The second kappa shape index (κ2) is 5.11. The van der Waals surface area contributed by atoms with Crippen LogP contribution in [0.25, 0.3) is 0 Å². The minimum Gasteiger partial charge on any atom is -0.388 e. The van der Waals surface area contributed by atoms with Crippen LogP contribution in [0.5, 0.6) is 0 Å². The van der Waals surface area contributed by atoms with Crippen LogP contribution in [0.15, 0.2) is 18.2 Å². The molecule has 0 bridgehead atoms. The molecule has 1 atom stereocenters. The van der Waals surface area contributed by atoms with Gasteiger partial charge in [0.25, 0.3) is 0 Å². The Balaban J connectivity index is 2.79. The van der Waals surface area contributed by atoms with Crippen molar-refractivity contribution in [3.63, 3.8) is 0 Å². The van der Waals surface area contributed by atoms with E-state index in [1.54, 1.807) is 19.1 Å². The molecular weight excluding hydrogens is 179 g/mol. The molecule has 2 heteroatoms. The van der Waals surface area contributed by atoms with Gasteiger partial charge in [-0.1, -0.05) is 31.9 Å². The van der Waals surface area contributed by atoms with Crippen molar-refractivity contribution < 1.29 is 9.50 Å². The van der Waals surface area contributed by atoms with E-state index in [1.165, 1.54) is 6.07 Å². The van der Waals surface area contributed by atoms with Crippen molar-refractivity contribution >= 4 is 0 Å². The molecule has 0 fully saturated rings. The molecule has 0 spiro atoms. The number of benzene rings is 1. The van der Waals surface area contributed by atoms with Gasteiger partial charge in [-0.3, -0.25) is 0 Å². The first-order valence-corrected chi connectivity index (χ1v) is 5.10. The minimum absolute atomic E-state index is 0.238. The number of hydrogen-bond donors (Lipinski definition) is 1. The predicted octanol–water partition coefficient (Wildman–Crippen LogP) is 3.36. The highest BCUT2D eigenvalue weighted by Gasteiger charge is 2.11. The Bertz CT molecular complexity index is 296. The third-order valence-corrected chi connectivity index (χ3v) is 2.50. The normalized spacial score (nSPS) is 12.9. The SMILES string of the molecule is CCCCC(O)c1cccc(F)c1C. The van der Waals surface area contributed by atoms with Gasteiger partial charge < -0.3 is 5.11 Å². The van der Waals surface area contributed by atoms with Gasteiger partial charge in [-0.2, -0.15) is 0 Å². The summed E-state index contributed by atoms with van der Waals surface area (Å²) in [5, 5.41) is 9.79. The van der Waals surface area contributed by atoms with Gasteiger partial charge in [-0.05, 0) is 30.5 Å². The molecule has 0 aliphatic carbocycles. The molecule has 0 aromatic heterocycles. The summed E-state index contributed by atoms with van der Waals surface area (Å²) in [6.07, 6.45) is 2.20. The fourth-order valence-corrected chi connectivity index (χ4v) is 1.54. The first-order chi connectivity index (χ1) is 6.66. The summed E-state index contributed by atoms with van der Waals surface area (Å²) in [5.41, 5.74) is 1.29. The third-order valence-electron chi connectivity index (χ3n) is 2.50. The molecule has 1 aromatic carbocycles. The quantitative estimate of drug-likeness (QED) is 0.782. The van der Waals surface area contributed by atoms with Crippen LogP contribution in [-0.4, -0.2) is 5.11 Å². The van der Waals surface area contributed by atoms with E-state index < -0.39 is 6.10 Å². The van der Waals surface area contributed by atoms with Crippen LogP contribution in [0.2, 0.25) is 0 Å². The summed E-state index contributed by atoms with van der Waals surface area (Å²) in [6.45, 7) is 3.78. The van der Waals surface area contributed by atoms with Crippen LogP contribution in [0.3, 0.4) is 0 Å². The molecule has 0 heterocycles. The molecule has 78 valence electrons. The fraction of sp³-hybridized carbons (Fsp3) is 0.500. The molecule has 1 unspecified atom stereocenters. The molecule has 1 nitrogen and oxygen atoms in total. The lowest BCUT2D eigenvalue weighted by molar-refractivity contribution is 0.163. The van der Waals surface area contributed by atoms with Crippen molar-refractivity contribution in [3.05, 3.63) is 35.1 Å². The van der Waals surface area contributed by atoms with Crippen LogP contribution in [-0.2, 0) is 0 Å². The van der Waals surface area contributed by atoms with Gasteiger partial charge in [-0.15, -0.1) is 0 Å². The molecule has 1 N–H and O–H groups in total. The van der Waals surface area contributed by atoms with E-state index in [1.807, 2.05) is 0 Å². The van der Waals surface area contributed by atoms with Gasteiger partial charge in [0, 0.05) is 0 Å². The van der Waals surface area contributed by atoms with Crippen LogP contribution in [0.4, 0.5) is 4.39 Å². The van der Waals surface area contributed by atoms with Crippen LogP contribution in [0, 0.1) is 12.7 Å². The molecule has 0 saturated carbocycles. The molecular formula is C12H17FO. The van der Waals surface area contributed by atoms with Crippen molar-refractivity contribution in [2.45, 2.75) is 39.2 Å². The maximum atomic E-state index is 13.2.